The highest BCUT2D eigenvalue weighted by Gasteiger charge is 2.49. The van der Waals surface area contributed by atoms with E-state index in [-0.39, 0.29) is 17.5 Å². The maximum atomic E-state index is 11.3. The molecule has 2 fully saturated rings. The second kappa shape index (κ2) is 3.54. The standard InChI is InChI=1S/C11H19NO2/c1-8-3-2-4-11(5-8)6-10(13)14-9(11)7-12/h8-9H,2-7,12H2,1H3. The number of hydrogen-bond acceptors (Lipinski definition) is 3. The van der Waals surface area contributed by atoms with Crippen LogP contribution < -0.4 is 5.73 Å². The molecule has 0 bridgehead atoms. The summed E-state index contributed by atoms with van der Waals surface area (Å²) in [5.74, 6) is 0.668. The summed E-state index contributed by atoms with van der Waals surface area (Å²) in [6.45, 7) is 2.75. The molecular weight excluding hydrogens is 178 g/mol. The fourth-order valence-electron chi connectivity index (χ4n) is 3.18. The molecule has 2 N–H and O–H groups in total. The molecule has 1 aliphatic carbocycles. The van der Waals surface area contributed by atoms with E-state index in [2.05, 4.69) is 6.92 Å². The van der Waals surface area contributed by atoms with E-state index in [9.17, 15) is 4.79 Å². The Hall–Kier alpha value is -0.570. The van der Waals surface area contributed by atoms with E-state index >= 15 is 0 Å². The van der Waals surface area contributed by atoms with Crippen LogP contribution in [0.1, 0.15) is 39.0 Å². The van der Waals surface area contributed by atoms with Gasteiger partial charge in [0.1, 0.15) is 6.10 Å². The molecule has 1 spiro atoms. The monoisotopic (exact) mass is 197 g/mol. The molecule has 0 radical (unpaired) electrons. The van der Waals surface area contributed by atoms with Gasteiger partial charge in [-0.25, -0.2) is 0 Å². The Balaban J connectivity index is 2.15. The molecule has 2 aliphatic rings. The molecule has 1 saturated heterocycles. The van der Waals surface area contributed by atoms with Crippen LogP contribution in [0.2, 0.25) is 0 Å². The fraction of sp³-hybridized carbons (Fsp3) is 0.909. The van der Waals surface area contributed by atoms with Crippen molar-refractivity contribution in [1.82, 2.24) is 0 Å². The van der Waals surface area contributed by atoms with E-state index in [1.54, 1.807) is 0 Å². The van der Waals surface area contributed by atoms with Crippen LogP contribution in [-0.4, -0.2) is 18.6 Å². The van der Waals surface area contributed by atoms with E-state index in [4.69, 9.17) is 10.5 Å². The average molecular weight is 197 g/mol. The van der Waals surface area contributed by atoms with Gasteiger partial charge in [0.25, 0.3) is 0 Å². The third kappa shape index (κ3) is 1.54. The molecule has 3 unspecified atom stereocenters. The summed E-state index contributed by atoms with van der Waals surface area (Å²) in [7, 11) is 0. The Kier molecular flexibility index (Phi) is 2.52. The van der Waals surface area contributed by atoms with Crippen LogP contribution in [0.15, 0.2) is 0 Å². The summed E-state index contributed by atoms with van der Waals surface area (Å²) in [5, 5.41) is 0. The van der Waals surface area contributed by atoms with Gasteiger partial charge in [0.15, 0.2) is 0 Å². The number of carbonyl (C=O) groups excluding carboxylic acids is 1. The highest BCUT2D eigenvalue weighted by molar-refractivity contribution is 5.73. The fourth-order valence-corrected chi connectivity index (χ4v) is 3.18. The van der Waals surface area contributed by atoms with E-state index in [0.29, 0.717) is 18.9 Å². The van der Waals surface area contributed by atoms with Gasteiger partial charge >= 0.3 is 5.97 Å². The Labute approximate surface area is 85.0 Å². The highest BCUT2D eigenvalue weighted by Crippen LogP contribution is 2.48. The maximum Gasteiger partial charge on any atom is 0.306 e. The summed E-state index contributed by atoms with van der Waals surface area (Å²) in [6.07, 6.45) is 5.31. The van der Waals surface area contributed by atoms with E-state index in [0.717, 1.165) is 12.8 Å². The van der Waals surface area contributed by atoms with Crippen molar-refractivity contribution in [2.75, 3.05) is 6.54 Å². The zero-order valence-electron chi connectivity index (χ0n) is 8.79. The van der Waals surface area contributed by atoms with Gasteiger partial charge in [0.05, 0.1) is 6.42 Å². The Bertz CT molecular complexity index is 241. The minimum atomic E-state index is -0.0467. The lowest BCUT2D eigenvalue weighted by molar-refractivity contribution is -0.141. The Morgan fingerprint density at radius 2 is 2.43 bits per heavy atom. The average Bonchev–Trinajstić information content (AvgIpc) is 2.41. The van der Waals surface area contributed by atoms with Crippen LogP contribution in [0.4, 0.5) is 0 Å². The van der Waals surface area contributed by atoms with Gasteiger partial charge in [-0.3, -0.25) is 4.79 Å². The van der Waals surface area contributed by atoms with Crippen LogP contribution in [0.3, 0.4) is 0 Å². The largest absolute Gasteiger partial charge is 0.460 e. The number of carbonyl (C=O) groups is 1. The zero-order chi connectivity index (χ0) is 10.2. The number of nitrogens with two attached hydrogens (primary N) is 1. The van der Waals surface area contributed by atoms with Crippen LogP contribution >= 0.6 is 0 Å². The molecule has 3 nitrogen and oxygen atoms in total. The maximum absolute atomic E-state index is 11.3. The molecule has 0 aromatic carbocycles. The molecule has 80 valence electrons. The second-order valence-corrected chi connectivity index (χ2v) is 4.95. The minimum Gasteiger partial charge on any atom is -0.460 e. The molecule has 1 heterocycles. The van der Waals surface area contributed by atoms with Gasteiger partial charge < -0.3 is 10.5 Å². The number of ether oxygens (including phenoxy) is 1. The van der Waals surface area contributed by atoms with Gasteiger partial charge in [-0.2, -0.15) is 0 Å². The molecule has 1 saturated carbocycles. The molecular formula is C11H19NO2. The molecule has 0 amide bonds. The molecule has 0 aromatic heterocycles. The van der Waals surface area contributed by atoms with Crippen LogP contribution in [0.5, 0.6) is 0 Å². The van der Waals surface area contributed by atoms with Crippen molar-refractivity contribution in [3.05, 3.63) is 0 Å². The first-order valence-corrected chi connectivity index (χ1v) is 5.56. The predicted octanol–water partition coefficient (Wildman–Crippen LogP) is 1.46. The lowest BCUT2D eigenvalue weighted by Gasteiger charge is -2.38. The third-order valence-electron chi connectivity index (χ3n) is 3.79. The second-order valence-electron chi connectivity index (χ2n) is 4.95. The van der Waals surface area contributed by atoms with Gasteiger partial charge in [-0.05, 0) is 18.8 Å². The number of rotatable bonds is 1. The van der Waals surface area contributed by atoms with Crippen molar-refractivity contribution in [3.8, 4) is 0 Å². The molecule has 14 heavy (non-hydrogen) atoms. The van der Waals surface area contributed by atoms with Gasteiger partial charge in [0, 0.05) is 12.0 Å². The van der Waals surface area contributed by atoms with Crippen LogP contribution in [0, 0.1) is 11.3 Å². The highest BCUT2D eigenvalue weighted by atomic mass is 16.6. The number of cyclic esters (lactones) is 1. The molecule has 3 atom stereocenters. The lowest BCUT2D eigenvalue weighted by Crippen LogP contribution is -2.40. The summed E-state index contributed by atoms with van der Waals surface area (Å²) in [5.41, 5.74) is 5.76. The first-order valence-electron chi connectivity index (χ1n) is 5.56. The summed E-state index contributed by atoms with van der Waals surface area (Å²) < 4.78 is 5.29. The van der Waals surface area contributed by atoms with Crippen molar-refractivity contribution in [3.63, 3.8) is 0 Å². The van der Waals surface area contributed by atoms with Gasteiger partial charge in [0.2, 0.25) is 0 Å². The van der Waals surface area contributed by atoms with E-state index in [1.165, 1.54) is 12.8 Å². The Morgan fingerprint density at radius 1 is 1.64 bits per heavy atom. The van der Waals surface area contributed by atoms with Crippen molar-refractivity contribution in [2.24, 2.45) is 17.1 Å². The van der Waals surface area contributed by atoms with E-state index in [1.807, 2.05) is 0 Å². The van der Waals surface area contributed by atoms with Crippen molar-refractivity contribution in [2.45, 2.75) is 45.1 Å². The van der Waals surface area contributed by atoms with Crippen LogP contribution in [0.25, 0.3) is 0 Å². The smallest absolute Gasteiger partial charge is 0.306 e. The van der Waals surface area contributed by atoms with E-state index < -0.39 is 0 Å². The van der Waals surface area contributed by atoms with Gasteiger partial charge in [-0.1, -0.05) is 19.8 Å². The van der Waals surface area contributed by atoms with Crippen molar-refractivity contribution in [1.29, 1.82) is 0 Å². The van der Waals surface area contributed by atoms with Crippen LogP contribution in [-0.2, 0) is 9.53 Å². The molecule has 3 heteroatoms. The summed E-state index contributed by atoms with van der Waals surface area (Å²) in [4.78, 5) is 11.3. The summed E-state index contributed by atoms with van der Waals surface area (Å²) >= 11 is 0. The van der Waals surface area contributed by atoms with Crippen molar-refractivity contribution >= 4 is 5.97 Å². The molecule has 1 aliphatic heterocycles. The Morgan fingerprint density at radius 3 is 3.07 bits per heavy atom. The predicted molar refractivity (Wildman–Crippen MR) is 53.6 cm³/mol. The first-order chi connectivity index (χ1) is 6.66. The first kappa shape index (κ1) is 9.97. The normalized spacial score (nSPS) is 42.9. The third-order valence-corrected chi connectivity index (χ3v) is 3.79. The topological polar surface area (TPSA) is 52.3 Å². The molecule has 2 rings (SSSR count). The zero-order valence-corrected chi connectivity index (χ0v) is 8.79. The SMILES string of the molecule is CC1CCCC2(CC(=O)OC2CN)C1. The number of esters is 1. The summed E-state index contributed by atoms with van der Waals surface area (Å²) in [6, 6.07) is 0. The molecule has 0 aromatic rings. The number of hydrogen-bond donors (Lipinski definition) is 1. The lowest BCUT2D eigenvalue weighted by atomic mass is 9.66. The minimum absolute atomic E-state index is 0.0160. The van der Waals surface area contributed by atoms with Gasteiger partial charge in [-0.15, -0.1) is 0 Å². The quantitative estimate of drug-likeness (QED) is 0.647. The van der Waals surface area contributed by atoms with Crippen molar-refractivity contribution < 1.29 is 9.53 Å².